The normalized spacial score (nSPS) is 11.2. The van der Waals surface area contributed by atoms with Crippen LogP contribution in [0.4, 0.5) is 17.1 Å². The number of para-hydroxylation sites is 4. The van der Waals surface area contributed by atoms with Crippen LogP contribution in [0, 0.1) is 0 Å². The standard InChI is InChI=1S/C33H23N3O/c1-4-12-24(13-5-1)31-32(36-29-18-10-11-19-30(29)37-33(36)34-31)25-20-22-28(23-21-25)35(26-14-6-2-7-15-26)27-16-8-3-9-17-27/h1-23H. The van der Waals surface area contributed by atoms with Crippen molar-refractivity contribution in [3.8, 4) is 22.5 Å². The molecular formula is C33H23N3O. The van der Waals surface area contributed by atoms with Gasteiger partial charge in [0.15, 0.2) is 5.58 Å². The van der Waals surface area contributed by atoms with Gasteiger partial charge in [0.05, 0.1) is 11.2 Å². The number of rotatable bonds is 5. The summed E-state index contributed by atoms with van der Waals surface area (Å²) in [5.41, 5.74) is 9.17. The maximum absolute atomic E-state index is 6.14. The molecule has 0 saturated carbocycles. The summed E-state index contributed by atoms with van der Waals surface area (Å²) in [4.78, 5) is 7.20. The van der Waals surface area contributed by atoms with Gasteiger partial charge < -0.3 is 9.32 Å². The van der Waals surface area contributed by atoms with E-state index in [1.807, 2.05) is 48.5 Å². The van der Waals surface area contributed by atoms with Gasteiger partial charge in [0.1, 0.15) is 5.69 Å². The minimum absolute atomic E-state index is 0.592. The molecule has 0 bridgehead atoms. The van der Waals surface area contributed by atoms with E-state index in [4.69, 9.17) is 9.40 Å². The van der Waals surface area contributed by atoms with Crippen LogP contribution in [0.2, 0.25) is 0 Å². The maximum atomic E-state index is 6.14. The van der Waals surface area contributed by atoms with Crippen LogP contribution in [-0.4, -0.2) is 9.38 Å². The molecule has 4 heteroatoms. The highest BCUT2D eigenvalue weighted by molar-refractivity contribution is 5.88. The zero-order valence-corrected chi connectivity index (χ0v) is 20.0. The van der Waals surface area contributed by atoms with Crippen LogP contribution in [0.1, 0.15) is 0 Å². The fourth-order valence-electron chi connectivity index (χ4n) is 4.95. The molecule has 4 nitrogen and oxygen atoms in total. The second-order valence-electron chi connectivity index (χ2n) is 8.92. The maximum Gasteiger partial charge on any atom is 0.307 e. The summed E-state index contributed by atoms with van der Waals surface area (Å²) in [6.45, 7) is 0. The molecule has 0 N–H and O–H groups in total. The number of benzene rings is 5. The van der Waals surface area contributed by atoms with Gasteiger partial charge in [-0.3, -0.25) is 4.40 Å². The number of hydrogen-bond acceptors (Lipinski definition) is 3. The molecule has 0 spiro atoms. The van der Waals surface area contributed by atoms with E-state index in [2.05, 4.69) is 100 Å². The minimum atomic E-state index is 0.592. The topological polar surface area (TPSA) is 33.7 Å². The van der Waals surface area contributed by atoms with Crippen molar-refractivity contribution >= 4 is 34.0 Å². The zero-order valence-electron chi connectivity index (χ0n) is 20.0. The number of aromatic nitrogens is 2. The smallest absolute Gasteiger partial charge is 0.307 e. The first-order valence-electron chi connectivity index (χ1n) is 12.3. The molecule has 0 fully saturated rings. The highest BCUT2D eigenvalue weighted by Crippen LogP contribution is 2.39. The van der Waals surface area contributed by atoms with E-state index in [1.54, 1.807) is 0 Å². The SMILES string of the molecule is c1ccc(-c2nc3oc4ccccc4n3c2-c2ccc(N(c3ccccc3)c3ccccc3)cc2)cc1. The fraction of sp³-hybridized carbons (Fsp3) is 0. The highest BCUT2D eigenvalue weighted by atomic mass is 16.4. The molecule has 7 rings (SSSR count). The van der Waals surface area contributed by atoms with Crippen LogP contribution in [0.5, 0.6) is 0 Å². The van der Waals surface area contributed by atoms with Crippen LogP contribution in [0.3, 0.4) is 0 Å². The molecule has 0 unspecified atom stereocenters. The summed E-state index contributed by atoms with van der Waals surface area (Å²) < 4.78 is 8.26. The Morgan fingerprint density at radius 2 is 1.05 bits per heavy atom. The van der Waals surface area contributed by atoms with Crippen molar-refractivity contribution in [2.75, 3.05) is 4.90 Å². The largest absolute Gasteiger partial charge is 0.423 e. The van der Waals surface area contributed by atoms with Crippen molar-refractivity contribution in [3.63, 3.8) is 0 Å². The molecule has 2 heterocycles. The Labute approximate surface area is 214 Å². The molecule has 5 aromatic carbocycles. The fourth-order valence-corrected chi connectivity index (χ4v) is 4.95. The number of oxazole rings is 1. The lowest BCUT2D eigenvalue weighted by molar-refractivity contribution is 0.642. The summed E-state index contributed by atoms with van der Waals surface area (Å²) in [6, 6.07) is 47.9. The third-order valence-electron chi connectivity index (χ3n) is 6.63. The van der Waals surface area contributed by atoms with Crippen molar-refractivity contribution in [3.05, 3.63) is 140 Å². The van der Waals surface area contributed by atoms with E-state index < -0.39 is 0 Å². The molecule has 0 aliphatic carbocycles. The van der Waals surface area contributed by atoms with Crippen molar-refractivity contribution in [2.45, 2.75) is 0 Å². The number of hydrogen-bond donors (Lipinski definition) is 0. The molecule has 0 aliphatic rings. The van der Waals surface area contributed by atoms with Gasteiger partial charge in [-0.25, -0.2) is 0 Å². The van der Waals surface area contributed by atoms with E-state index in [0.29, 0.717) is 5.84 Å². The first-order valence-corrected chi connectivity index (χ1v) is 12.3. The second kappa shape index (κ2) is 8.85. The molecular weight excluding hydrogens is 454 g/mol. The van der Waals surface area contributed by atoms with Gasteiger partial charge in [-0.05, 0) is 48.5 Å². The van der Waals surface area contributed by atoms with Gasteiger partial charge in [-0.1, -0.05) is 91.0 Å². The molecule has 0 aliphatic heterocycles. The van der Waals surface area contributed by atoms with Crippen LogP contribution in [-0.2, 0) is 0 Å². The van der Waals surface area contributed by atoms with Crippen molar-refractivity contribution < 1.29 is 4.42 Å². The van der Waals surface area contributed by atoms with Crippen LogP contribution >= 0.6 is 0 Å². The van der Waals surface area contributed by atoms with E-state index >= 15 is 0 Å². The lowest BCUT2D eigenvalue weighted by atomic mass is 10.0. The van der Waals surface area contributed by atoms with Gasteiger partial charge in [0.2, 0.25) is 0 Å². The molecule has 0 atom stereocenters. The quantitative estimate of drug-likeness (QED) is 0.248. The average Bonchev–Trinajstić information content (AvgIpc) is 3.52. The van der Waals surface area contributed by atoms with Gasteiger partial charge in [0, 0.05) is 28.2 Å². The van der Waals surface area contributed by atoms with Gasteiger partial charge in [-0.2, -0.15) is 4.98 Å². The van der Waals surface area contributed by atoms with E-state index in [1.165, 1.54) is 0 Å². The first-order chi connectivity index (χ1) is 18.4. The third-order valence-corrected chi connectivity index (χ3v) is 6.63. The predicted molar refractivity (Wildman–Crippen MR) is 151 cm³/mol. The lowest BCUT2D eigenvalue weighted by Gasteiger charge is -2.25. The van der Waals surface area contributed by atoms with E-state index in [9.17, 15) is 0 Å². The molecule has 176 valence electrons. The highest BCUT2D eigenvalue weighted by Gasteiger charge is 2.21. The number of fused-ring (bicyclic) bond motifs is 3. The van der Waals surface area contributed by atoms with Crippen LogP contribution < -0.4 is 4.90 Å². The summed E-state index contributed by atoms with van der Waals surface area (Å²) in [6.07, 6.45) is 0. The number of imidazole rings is 1. The average molecular weight is 478 g/mol. The Balaban J connectivity index is 1.41. The van der Waals surface area contributed by atoms with Crippen LogP contribution in [0.25, 0.3) is 39.5 Å². The molecule has 7 aromatic rings. The molecule has 0 saturated heterocycles. The summed E-state index contributed by atoms with van der Waals surface area (Å²) >= 11 is 0. The Bertz CT molecular complexity index is 1760. The third kappa shape index (κ3) is 3.67. The minimum Gasteiger partial charge on any atom is -0.423 e. The van der Waals surface area contributed by atoms with Crippen molar-refractivity contribution in [2.24, 2.45) is 0 Å². The van der Waals surface area contributed by atoms with Crippen molar-refractivity contribution in [1.29, 1.82) is 0 Å². The number of anilines is 3. The van der Waals surface area contributed by atoms with Crippen LogP contribution in [0.15, 0.2) is 144 Å². The van der Waals surface area contributed by atoms with Gasteiger partial charge in [0.25, 0.3) is 0 Å². The molecule has 0 amide bonds. The number of nitrogens with zero attached hydrogens (tertiary/aromatic N) is 3. The Hall–Kier alpha value is -5.09. The Morgan fingerprint density at radius 1 is 0.514 bits per heavy atom. The summed E-state index contributed by atoms with van der Waals surface area (Å²) in [7, 11) is 0. The summed E-state index contributed by atoms with van der Waals surface area (Å²) in [5, 5.41) is 0. The Morgan fingerprint density at radius 3 is 1.70 bits per heavy atom. The second-order valence-corrected chi connectivity index (χ2v) is 8.92. The Kier molecular flexibility index (Phi) is 5.07. The monoisotopic (exact) mass is 477 g/mol. The first kappa shape index (κ1) is 21.2. The van der Waals surface area contributed by atoms with E-state index in [-0.39, 0.29) is 0 Å². The molecule has 0 radical (unpaired) electrons. The lowest BCUT2D eigenvalue weighted by Crippen LogP contribution is -2.09. The van der Waals surface area contributed by atoms with Gasteiger partial charge in [-0.15, -0.1) is 0 Å². The zero-order chi connectivity index (χ0) is 24.6. The molecule has 37 heavy (non-hydrogen) atoms. The predicted octanol–water partition coefficient (Wildman–Crippen LogP) is 8.88. The van der Waals surface area contributed by atoms with Crippen molar-refractivity contribution in [1.82, 2.24) is 9.38 Å². The summed E-state index contributed by atoms with van der Waals surface area (Å²) in [5.74, 6) is 0.592. The molecule has 2 aromatic heterocycles. The van der Waals surface area contributed by atoms with E-state index in [0.717, 1.165) is 50.7 Å². The van der Waals surface area contributed by atoms with Gasteiger partial charge >= 0.3 is 5.84 Å².